The quantitative estimate of drug-likeness (QED) is 0.554. The first-order valence-corrected chi connectivity index (χ1v) is 6.65. The SMILES string of the molecule is CCOC(=O)[C@@H]1CN(C(O)OC(C)(C)C)C[C@H]1C(=O)O. The Kier molecular flexibility index (Phi) is 5.50. The standard InChI is InChI=1S/C13H23NO6/c1-5-19-11(17)9-7-14(6-8(9)10(15)16)12(18)20-13(2,3)4/h8-9,12,18H,5-7H2,1-4H3,(H,15,16)/t8-,9-,12?/m1/s1. The number of rotatable bonds is 5. The Balaban J connectivity index is 2.75. The van der Waals surface area contributed by atoms with E-state index in [0.717, 1.165) is 0 Å². The molecule has 0 spiro atoms. The highest BCUT2D eigenvalue weighted by atomic mass is 16.6. The van der Waals surface area contributed by atoms with Crippen LogP contribution in [0.3, 0.4) is 0 Å². The zero-order valence-electron chi connectivity index (χ0n) is 12.3. The fourth-order valence-corrected chi connectivity index (χ4v) is 2.14. The van der Waals surface area contributed by atoms with Gasteiger partial charge in [0.1, 0.15) is 0 Å². The number of aliphatic hydroxyl groups is 1. The second-order valence-electron chi connectivity index (χ2n) is 5.81. The van der Waals surface area contributed by atoms with Gasteiger partial charge >= 0.3 is 11.9 Å². The molecule has 0 aliphatic carbocycles. The van der Waals surface area contributed by atoms with Crippen LogP contribution in [-0.4, -0.2) is 58.8 Å². The summed E-state index contributed by atoms with van der Waals surface area (Å²) < 4.78 is 10.3. The molecule has 3 atom stereocenters. The van der Waals surface area contributed by atoms with Crippen LogP contribution in [0.15, 0.2) is 0 Å². The van der Waals surface area contributed by atoms with Gasteiger partial charge in [0.05, 0.1) is 24.0 Å². The highest BCUT2D eigenvalue weighted by Crippen LogP contribution is 2.27. The largest absolute Gasteiger partial charge is 0.481 e. The number of hydrogen-bond donors (Lipinski definition) is 2. The summed E-state index contributed by atoms with van der Waals surface area (Å²) in [7, 11) is 0. The van der Waals surface area contributed by atoms with Gasteiger partial charge in [0.25, 0.3) is 0 Å². The van der Waals surface area contributed by atoms with E-state index in [1.807, 2.05) is 0 Å². The van der Waals surface area contributed by atoms with Gasteiger partial charge in [-0.25, -0.2) is 0 Å². The molecule has 116 valence electrons. The van der Waals surface area contributed by atoms with E-state index in [0.29, 0.717) is 0 Å². The first-order chi connectivity index (χ1) is 9.15. The maximum Gasteiger partial charge on any atom is 0.311 e. The number of carbonyl (C=O) groups excluding carboxylic acids is 1. The van der Waals surface area contributed by atoms with E-state index in [4.69, 9.17) is 9.47 Å². The molecule has 0 amide bonds. The molecular weight excluding hydrogens is 266 g/mol. The molecule has 1 aliphatic heterocycles. The molecule has 20 heavy (non-hydrogen) atoms. The number of carboxylic acid groups (broad SMARTS) is 1. The van der Waals surface area contributed by atoms with Crippen LogP contribution in [-0.2, 0) is 19.1 Å². The van der Waals surface area contributed by atoms with Gasteiger partial charge in [0, 0.05) is 13.1 Å². The molecule has 2 N–H and O–H groups in total. The number of aliphatic carboxylic acids is 1. The van der Waals surface area contributed by atoms with E-state index in [-0.39, 0.29) is 19.7 Å². The second kappa shape index (κ2) is 6.51. The van der Waals surface area contributed by atoms with Gasteiger partial charge < -0.3 is 19.7 Å². The molecule has 7 heteroatoms. The van der Waals surface area contributed by atoms with Gasteiger partial charge in [-0.3, -0.25) is 14.5 Å². The number of ether oxygens (including phenoxy) is 2. The highest BCUT2D eigenvalue weighted by molar-refractivity contribution is 5.82. The molecular formula is C13H23NO6. The Morgan fingerprint density at radius 2 is 1.85 bits per heavy atom. The maximum absolute atomic E-state index is 11.8. The average Bonchev–Trinajstić information content (AvgIpc) is 2.71. The number of carbonyl (C=O) groups is 2. The number of aliphatic hydroxyl groups excluding tert-OH is 1. The number of esters is 1. The predicted octanol–water partition coefficient (Wildman–Crippen LogP) is 0.273. The molecule has 0 bridgehead atoms. The van der Waals surface area contributed by atoms with Gasteiger partial charge in [-0.2, -0.15) is 0 Å². The molecule has 1 heterocycles. The van der Waals surface area contributed by atoms with Crippen molar-refractivity contribution in [3.63, 3.8) is 0 Å². The minimum atomic E-state index is -1.24. The third kappa shape index (κ3) is 4.43. The van der Waals surface area contributed by atoms with Gasteiger partial charge in [0.2, 0.25) is 6.41 Å². The van der Waals surface area contributed by atoms with Crippen molar-refractivity contribution in [1.82, 2.24) is 4.90 Å². The Morgan fingerprint density at radius 3 is 2.30 bits per heavy atom. The monoisotopic (exact) mass is 289 g/mol. The van der Waals surface area contributed by atoms with Crippen LogP contribution in [0.25, 0.3) is 0 Å². The van der Waals surface area contributed by atoms with Crippen molar-refractivity contribution >= 4 is 11.9 Å². The van der Waals surface area contributed by atoms with Gasteiger partial charge in [0.15, 0.2) is 0 Å². The summed E-state index contributed by atoms with van der Waals surface area (Å²) in [6, 6.07) is 0. The van der Waals surface area contributed by atoms with Crippen molar-refractivity contribution < 1.29 is 29.3 Å². The Morgan fingerprint density at radius 1 is 1.30 bits per heavy atom. The molecule has 0 radical (unpaired) electrons. The smallest absolute Gasteiger partial charge is 0.311 e. The lowest BCUT2D eigenvalue weighted by Gasteiger charge is -2.29. The van der Waals surface area contributed by atoms with Crippen molar-refractivity contribution in [2.24, 2.45) is 11.8 Å². The fraction of sp³-hybridized carbons (Fsp3) is 0.846. The number of likely N-dealkylation sites (tertiary alicyclic amines) is 1. The summed E-state index contributed by atoms with van der Waals surface area (Å²) >= 11 is 0. The molecule has 1 rings (SSSR count). The minimum Gasteiger partial charge on any atom is -0.481 e. The van der Waals surface area contributed by atoms with E-state index in [1.165, 1.54) is 4.90 Å². The lowest BCUT2D eigenvalue weighted by molar-refractivity contribution is -0.235. The first kappa shape index (κ1) is 16.9. The van der Waals surface area contributed by atoms with Crippen LogP contribution in [0, 0.1) is 11.8 Å². The van der Waals surface area contributed by atoms with Crippen molar-refractivity contribution in [3.8, 4) is 0 Å². The Bertz CT molecular complexity index is 364. The van der Waals surface area contributed by atoms with Crippen LogP contribution in [0.2, 0.25) is 0 Å². The van der Waals surface area contributed by atoms with E-state index in [2.05, 4.69) is 0 Å². The molecule has 1 unspecified atom stereocenters. The first-order valence-electron chi connectivity index (χ1n) is 6.65. The van der Waals surface area contributed by atoms with E-state index >= 15 is 0 Å². The second-order valence-corrected chi connectivity index (χ2v) is 5.81. The van der Waals surface area contributed by atoms with Crippen molar-refractivity contribution in [1.29, 1.82) is 0 Å². The number of nitrogens with zero attached hydrogens (tertiary/aromatic N) is 1. The van der Waals surface area contributed by atoms with Gasteiger partial charge in [-0.1, -0.05) is 0 Å². The average molecular weight is 289 g/mol. The summed E-state index contributed by atoms with van der Waals surface area (Å²) in [5, 5.41) is 19.1. The topological polar surface area (TPSA) is 96.3 Å². The maximum atomic E-state index is 11.8. The summed E-state index contributed by atoms with van der Waals surface area (Å²) in [6.45, 7) is 7.36. The molecule has 0 aromatic carbocycles. The lowest BCUT2D eigenvalue weighted by Crippen LogP contribution is -2.41. The van der Waals surface area contributed by atoms with Crippen LogP contribution in [0.4, 0.5) is 0 Å². The van der Waals surface area contributed by atoms with Crippen LogP contribution < -0.4 is 0 Å². The summed E-state index contributed by atoms with van der Waals surface area (Å²) in [5.74, 6) is -3.31. The summed E-state index contributed by atoms with van der Waals surface area (Å²) in [4.78, 5) is 24.4. The van der Waals surface area contributed by atoms with Gasteiger partial charge in [-0.05, 0) is 27.7 Å². The fourth-order valence-electron chi connectivity index (χ4n) is 2.14. The van der Waals surface area contributed by atoms with E-state index in [9.17, 15) is 19.8 Å². The normalized spacial score (nSPS) is 25.4. The van der Waals surface area contributed by atoms with Crippen LogP contribution in [0.5, 0.6) is 0 Å². The van der Waals surface area contributed by atoms with E-state index < -0.39 is 35.8 Å². The summed E-state index contributed by atoms with van der Waals surface area (Å²) in [5.41, 5.74) is -0.569. The lowest BCUT2D eigenvalue weighted by atomic mass is 9.96. The van der Waals surface area contributed by atoms with E-state index in [1.54, 1.807) is 27.7 Å². The molecule has 1 saturated heterocycles. The number of carboxylic acids is 1. The molecule has 7 nitrogen and oxygen atoms in total. The zero-order valence-corrected chi connectivity index (χ0v) is 12.3. The van der Waals surface area contributed by atoms with Crippen molar-refractivity contribution in [2.45, 2.75) is 39.7 Å². The molecule has 1 fully saturated rings. The van der Waals surface area contributed by atoms with Crippen LogP contribution >= 0.6 is 0 Å². The molecule has 1 aliphatic rings. The summed E-state index contributed by atoms with van der Waals surface area (Å²) in [6.07, 6.45) is -1.24. The molecule has 0 aromatic heterocycles. The minimum absolute atomic E-state index is 0.0516. The zero-order chi connectivity index (χ0) is 15.5. The molecule has 0 saturated carbocycles. The number of hydrogen-bond acceptors (Lipinski definition) is 6. The third-order valence-corrected chi connectivity index (χ3v) is 3.03. The van der Waals surface area contributed by atoms with Crippen LogP contribution in [0.1, 0.15) is 27.7 Å². The molecule has 0 aromatic rings. The Labute approximate surface area is 118 Å². The Hall–Kier alpha value is -1.18. The third-order valence-electron chi connectivity index (χ3n) is 3.03. The van der Waals surface area contributed by atoms with Crippen molar-refractivity contribution in [2.75, 3.05) is 19.7 Å². The van der Waals surface area contributed by atoms with Gasteiger partial charge in [-0.15, -0.1) is 0 Å². The van der Waals surface area contributed by atoms with Crippen molar-refractivity contribution in [3.05, 3.63) is 0 Å². The predicted molar refractivity (Wildman–Crippen MR) is 69.7 cm³/mol. The highest BCUT2D eigenvalue weighted by Gasteiger charge is 2.45.